The molecule has 0 saturated heterocycles. The van der Waals surface area contributed by atoms with E-state index in [2.05, 4.69) is 0 Å². The topological polar surface area (TPSA) is 63.5 Å². The van der Waals surface area contributed by atoms with E-state index in [9.17, 15) is 14.9 Å². The molecule has 1 amide bonds. The van der Waals surface area contributed by atoms with E-state index in [1.807, 2.05) is 6.07 Å². The van der Waals surface area contributed by atoms with Gasteiger partial charge in [0, 0.05) is 30.2 Å². The summed E-state index contributed by atoms with van der Waals surface area (Å²) in [5.41, 5.74) is 0.788. The second-order valence-electron chi connectivity index (χ2n) is 4.71. The van der Waals surface area contributed by atoms with Crippen LogP contribution < -0.4 is 0 Å². The summed E-state index contributed by atoms with van der Waals surface area (Å²) in [7, 11) is 1.61. The van der Waals surface area contributed by atoms with Crippen molar-refractivity contribution in [3.05, 3.63) is 73.8 Å². The molecule has 0 spiro atoms. The molecule has 0 fully saturated rings. The monoisotopic (exact) mass is 338 g/mol. The summed E-state index contributed by atoms with van der Waals surface area (Å²) in [6, 6.07) is 11.1. The molecular weight excluding hydrogens is 327 g/mol. The Bertz CT molecular complexity index is 734. The molecule has 5 nitrogen and oxygen atoms in total. The highest BCUT2D eigenvalue weighted by Gasteiger charge is 2.18. The van der Waals surface area contributed by atoms with Crippen LogP contribution in [-0.4, -0.2) is 22.8 Å². The molecule has 0 aliphatic carbocycles. The standard InChI is InChI=1S/C15H12Cl2N2O3/c1-18(9-10-3-2-4-12(16)7-10)15(20)11-5-6-13(17)14(8-11)19(21)22/h2-8H,9H2,1H3. The average molecular weight is 339 g/mol. The van der Waals surface area contributed by atoms with Crippen LogP contribution in [0.25, 0.3) is 0 Å². The fourth-order valence-electron chi connectivity index (χ4n) is 1.99. The molecule has 0 N–H and O–H groups in total. The molecule has 0 heterocycles. The molecule has 0 atom stereocenters. The van der Waals surface area contributed by atoms with Gasteiger partial charge in [0.1, 0.15) is 5.02 Å². The fourth-order valence-corrected chi connectivity index (χ4v) is 2.39. The number of hydrogen-bond acceptors (Lipinski definition) is 3. The Labute approximate surface area is 137 Å². The van der Waals surface area contributed by atoms with Crippen LogP contribution in [0.5, 0.6) is 0 Å². The van der Waals surface area contributed by atoms with Crippen molar-refractivity contribution in [2.45, 2.75) is 6.54 Å². The van der Waals surface area contributed by atoms with Crippen molar-refractivity contribution >= 4 is 34.8 Å². The fraction of sp³-hybridized carbons (Fsp3) is 0.133. The molecule has 2 aromatic carbocycles. The number of hydrogen-bond donors (Lipinski definition) is 0. The molecule has 2 rings (SSSR count). The minimum Gasteiger partial charge on any atom is -0.337 e. The maximum Gasteiger partial charge on any atom is 0.288 e. The summed E-state index contributed by atoms with van der Waals surface area (Å²) < 4.78 is 0. The first-order valence-electron chi connectivity index (χ1n) is 6.32. The van der Waals surface area contributed by atoms with Crippen molar-refractivity contribution < 1.29 is 9.72 Å². The van der Waals surface area contributed by atoms with Gasteiger partial charge in [-0.1, -0.05) is 35.3 Å². The molecule has 0 bridgehead atoms. The van der Waals surface area contributed by atoms with E-state index >= 15 is 0 Å². The van der Waals surface area contributed by atoms with Crippen LogP contribution in [0.1, 0.15) is 15.9 Å². The highest BCUT2D eigenvalue weighted by atomic mass is 35.5. The van der Waals surface area contributed by atoms with Crippen LogP contribution >= 0.6 is 23.2 Å². The lowest BCUT2D eigenvalue weighted by atomic mass is 10.1. The second kappa shape index (κ2) is 6.77. The zero-order chi connectivity index (χ0) is 16.3. The Morgan fingerprint density at radius 3 is 2.59 bits per heavy atom. The van der Waals surface area contributed by atoms with E-state index in [4.69, 9.17) is 23.2 Å². The largest absolute Gasteiger partial charge is 0.337 e. The molecule has 0 unspecified atom stereocenters. The normalized spacial score (nSPS) is 10.3. The molecule has 7 heteroatoms. The number of nitro groups is 1. The molecule has 2 aromatic rings. The summed E-state index contributed by atoms with van der Waals surface area (Å²) in [4.78, 5) is 24.1. The summed E-state index contributed by atoms with van der Waals surface area (Å²) in [5, 5.41) is 11.5. The molecule has 22 heavy (non-hydrogen) atoms. The van der Waals surface area contributed by atoms with Gasteiger partial charge in [0.05, 0.1) is 4.92 Å². The number of halogens is 2. The molecular formula is C15H12Cl2N2O3. The predicted octanol–water partition coefficient (Wildman–Crippen LogP) is 4.17. The Kier molecular flexibility index (Phi) is 5.00. The van der Waals surface area contributed by atoms with Crippen LogP contribution in [0.2, 0.25) is 10.0 Å². The van der Waals surface area contributed by atoms with E-state index in [0.29, 0.717) is 11.6 Å². The van der Waals surface area contributed by atoms with E-state index in [-0.39, 0.29) is 22.2 Å². The summed E-state index contributed by atoms with van der Waals surface area (Å²) in [6.07, 6.45) is 0. The third-order valence-electron chi connectivity index (χ3n) is 3.05. The smallest absolute Gasteiger partial charge is 0.288 e. The lowest BCUT2D eigenvalue weighted by Crippen LogP contribution is -2.26. The minimum atomic E-state index is -0.615. The third kappa shape index (κ3) is 3.75. The highest BCUT2D eigenvalue weighted by molar-refractivity contribution is 6.32. The van der Waals surface area contributed by atoms with Crippen LogP contribution in [0.4, 0.5) is 5.69 Å². The number of carbonyl (C=O) groups is 1. The van der Waals surface area contributed by atoms with Gasteiger partial charge in [-0.05, 0) is 29.8 Å². The van der Waals surface area contributed by atoms with E-state index in [1.54, 1.807) is 25.2 Å². The Morgan fingerprint density at radius 2 is 1.95 bits per heavy atom. The number of nitro benzene ring substituents is 1. The second-order valence-corrected chi connectivity index (χ2v) is 5.56. The first-order valence-corrected chi connectivity index (χ1v) is 7.08. The van der Waals surface area contributed by atoms with Crippen LogP contribution in [0.15, 0.2) is 42.5 Å². The summed E-state index contributed by atoms with van der Waals surface area (Å²) >= 11 is 11.6. The van der Waals surface area contributed by atoms with Crippen molar-refractivity contribution in [3.8, 4) is 0 Å². The molecule has 0 radical (unpaired) electrons. The lowest BCUT2D eigenvalue weighted by Gasteiger charge is -2.17. The number of benzene rings is 2. The summed E-state index contributed by atoms with van der Waals surface area (Å²) in [6.45, 7) is 0.343. The van der Waals surface area contributed by atoms with Crippen molar-refractivity contribution in [1.82, 2.24) is 4.90 Å². The van der Waals surface area contributed by atoms with Gasteiger partial charge in [-0.3, -0.25) is 14.9 Å². The summed E-state index contributed by atoms with van der Waals surface area (Å²) in [5.74, 6) is -0.334. The average Bonchev–Trinajstić information content (AvgIpc) is 2.46. The third-order valence-corrected chi connectivity index (χ3v) is 3.60. The van der Waals surface area contributed by atoms with Gasteiger partial charge >= 0.3 is 0 Å². The lowest BCUT2D eigenvalue weighted by molar-refractivity contribution is -0.384. The van der Waals surface area contributed by atoms with Gasteiger partial charge < -0.3 is 4.90 Å². The maximum atomic E-state index is 12.3. The van der Waals surface area contributed by atoms with E-state index < -0.39 is 4.92 Å². The number of amides is 1. The SMILES string of the molecule is CN(Cc1cccc(Cl)c1)C(=O)c1ccc(Cl)c([N+](=O)[O-])c1. The van der Waals surface area contributed by atoms with Crippen molar-refractivity contribution in [1.29, 1.82) is 0 Å². The van der Waals surface area contributed by atoms with E-state index in [1.165, 1.54) is 23.1 Å². The maximum absolute atomic E-state index is 12.3. The highest BCUT2D eigenvalue weighted by Crippen LogP contribution is 2.25. The minimum absolute atomic E-state index is 0.000885. The van der Waals surface area contributed by atoms with Crippen molar-refractivity contribution in [2.75, 3.05) is 7.05 Å². The van der Waals surface area contributed by atoms with Gasteiger partial charge in [-0.2, -0.15) is 0 Å². The van der Waals surface area contributed by atoms with Crippen molar-refractivity contribution in [2.24, 2.45) is 0 Å². The number of nitrogens with zero attached hydrogens (tertiary/aromatic N) is 2. The van der Waals surface area contributed by atoms with Gasteiger partial charge in [-0.15, -0.1) is 0 Å². The van der Waals surface area contributed by atoms with Gasteiger partial charge in [0.15, 0.2) is 0 Å². The molecule has 0 aromatic heterocycles. The molecule has 114 valence electrons. The Balaban J connectivity index is 2.20. The molecule has 0 aliphatic rings. The molecule has 0 aliphatic heterocycles. The van der Waals surface area contributed by atoms with Gasteiger partial charge in [0.2, 0.25) is 0 Å². The van der Waals surface area contributed by atoms with Crippen molar-refractivity contribution in [3.63, 3.8) is 0 Å². The van der Waals surface area contributed by atoms with E-state index in [0.717, 1.165) is 5.56 Å². The predicted molar refractivity (Wildman–Crippen MR) is 85.4 cm³/mol. The van der Waals surface area contributed by atoms with Crippen LogP contribution in [0, 0.1) is 10.1 Å². The zero-order valence-electron chi connectivity index (χ0n) is 11.6. The quantitative estimate of drug-likeness (QED) is 0.620. The first kappa shape index (κ1) is 16.3. The number of rotatable bonds is 4. The Morgan fingerprint density at radius 1 is 1.23 bits per heavy atom. The zero-order valence-corrected chi connectivity index (χ0v) is 13.1. The van der Waals surface area contributed by atoms with Gasteiger partial charge in [-0.25, -0.2) is 0 Å². The first-order chi connectivity index (χ1) is 10.4. The number of carbonyl (C=O) groups excluding carboxylic acids is 1. The van der Waals surface area contributed by atoms with Crippen LogP contribution in [-0.2, 0) is 6.54 Å². The Hall–Kier alpha value is -2.11. The van der Waals surface area contributed by atoms with Gasteiger partial charge in [0.25, 0.3) is 11.6 Å². The molecule has 0 saturated carbocycles. The van der Waals surface area contributed by atoms with Crippen LogP contribution in [0.3, 0.4) is 0 Å².